The Balaban J connectivity index is 2.31. The van der Waals surface area contributed by atoms with Crippen molar-refractivity contribution in [3.8, 4) is 22.8 Å². The number of benzene rings is 2. The molecule has 21 heavy (non-hydrogen) atoms. The molecule has 0 bridgehead atoms. The summed E-state index contributed by atoms with van der Waals surface area (Å²) in [5.74, 6) is 0.511. The number of phenols is 2. The maximum atomic E-state index is 12.3. The van der Waals surface area contributed by atoms with Crippen LogP contribution < -0.4 is 5.43 Å². The zero-order valence-corrected chi connectivity index (χ0v) is 11.7. The van der Waals surface area contributed by atoms with Crippen LogP contribution in [0.2, 0.25) is 0 Å². The molecule has 0 fully saturated rings. The van der Waals surface area contributed by atoms with Crippen molar-refractivity contribution in [3.05, 3.63) is 57.7 Å². The molecule has 0 aliphatic carbocycles. The Bertz CT molecular complexity index is 889. The Kier molecular flexibility index (Phi) is 2.94. The third-order valence-corrected chi connectivity index (χ3v) is 3.66. The number of fused-ring (bicyclic) bond motifs is 1. The minimum atomic E-state index is -0.292. The Morgan fingerprint density at radius 3 is 2.33 bits per heavy atom. The summed E-state index contributed by atoms with van der Waals surface area (Å²) in [5.41, 5.74) is 2.27. The molecule has 1 aromatic heterocycles. The highest BCUT2D eigenvalue weighted by molar-refractivity contribution is 5.86. The van der Waals surface area contributed by atoms with Gasteiger partial charge in [0.15, 0.2) is 5.43 Å². The first-order chi connectivity index (χ1) is 9.97. The number of rotatable bonds is 1. The first-order valence-corrected chi connectivity index (χ1v) is 6.54. The molecule has 0 atom stereocenters. The first kappa shape index (κ1) is 13.2. The molecule has 0 radical (unpaired) electrons. The molecule has 3 rings (SSSR count). The molecule has 4 heteroatoms. The average Bonchev–Trinajstić information content (AvgIpc) is 2.45. The van der Waals surface area contributed by atoms with Crippen molar-refractivity contribution in [3.63, 3.8) is 0 Å². The normalized spacial score (nSPS) is 11.0. The average molecular weight is 282 g/mol. The predicted molar refractivity (Wildman–Crippen MR) is 80.7 cm³/mol. The van der Waals surface area contributed by atoms with Crippen LogP contribution in [0.15, 0.2) is 45.6 Å². The Labute approximate surface area is 120 Å². The van der Waals surface area contributed by atoms with E-state index in [0.29, 0.717) is 22.5 Å². The monoisotopic (exact) mass is 282 g/mol. The van der Waals surface area contributed by atoms with Crippen molar-refractivity contribution in [2.75, 3.05) is 0 Å². The lowest BCUT2D eigenvalue weighted by molar-refractivity contribution is 0.475. The smallest absolute Gasteiger partial charge is 0.197 e. The van der Waals surface area contributed by atoms with Crippen molar-refractivity contribution < 1.29 is 14.6 Å². The van der Waals surface area contributed by atoms with Gasteiger partial charge < -0.3 is 14.6 Å². The van der Waals surface area contributed by atoms with Gasteiger partial charge in [0, 0.05) is 11.6 Å². The molecule has 0 amide bonds. The molecule has 106 valence electrons. The summed E-state index contributed by atoms with van der Waals surface area (Å²) >= 11 is 0. The first-order valence-electron chi connectivity index (χ1n) is 6.54. The summed E-state index contributed by atoms with van der Waals surface area (Å²) in [6, 6.07) is 9.48. The Hall–Kier alpha value is -2.75. The molecule has 4 nitrogen and oxygen atoms in total. The molecule has 0 spiro atoms. The molecular formula is C17H14O4. The van der Waals surface area contributed by atoms with Gasteiger partial charge in [-0.2, -0.15) is 0 Å². The van der Waals surface area contributed by atoms with E-state index in [1.807, 2.05) is 6.92 Å². The number of aromatic hydroxyl groups is 2. The summed E-state index contributed by atoms with van der Waals surface area (Å²) in [5, 5.41) is 19.6. The van der Waals surface area contributed by atoms with Crippen LogP contribution in [0.25, 0.3) is 22.3 Å². The lowest BCUT2D eigenvalue weighted by Gasteiger charge is -2.08. The molecule has 2 N–H and O–H groups in total. The van der Waals surface area contributed by atoms with E-state index in [9.17, 15) is 15.0 Å². The molecule has 3 aromatic rings. The van der Waals surface area contributed by atoms with Crippen LogP contribution >= 0.6 is 0 Å². The molecular weight excluding hydrogens is 268 g/mol. The van der Waals surface area contributed by atoms with Crippen molar-refractivity contribution in [1.29, 1.82) is 0 Å². The van der Waals surface area contributed by atoms with Crippen LogP contribution in [0.4, 0.5) is 0 Å². The van der Waals surface area contributed by atoms with Gasteiger partial charge in [0.1, 0.15) is 28.2 Å². The van der Waals surface area contributed by atoms with E-state index in [4.69, 9.17) is 4.42 Å². The minimum Gasteiger partial charge on any atom is -0.508 e. The van der Waals surface area contributed by atoms with Gasteiger partial charge in [0.25, 0.3) is 0 Å². The van der Waals surface area contributed by atoms with E-state index in [1.54, 1.807) is 25.1 Å². The summed E-state index contributed by atoms with van der Waals surface area (Å²) in [4.78, 5) is 12.3. The number of phenolic OH excluding ortho intramolecular Hbond substituents is 2. The van der Waals surface area contributed by atoms with Gasteiger partial charge in [0.05, 0.1) is 0 Å². The van der Waals surface area contributed by atoms with Crippen LogP contribution in [-0.4, -0.2) is 10.2 Å². The number of hydrogen-bond acceptors (Lipinski definition) is 4. The minimum absolute atomic E-state index is 0.0315. The standard InChI is InChI=1S/C17H14O4/c1-9-7-15-16(17(20)10(9)2)13(19)8-14(21-15)11-3-5-12(18)6-4-11/h3-8,18,20H,1-2H3. The second-order valence-corrected chi connectivity index (χ2v) is 5.06. The highest BCUT2D eigenvalue weighted by Crippen LogP contribution is 2.31. The molecule has 0 saturated carbocycles. The molecule has 2 aromatic carbocycles. The maximum Gasteiger partial charge on any atom is 0.197 e. The van der Waals surface area contributed by atoms with Crippen LogP contribution in [0.5, 0.6) is 11.5 Å². The fourth-order valence-electron chi connectivity index (χ4n) is 2.29. The number of aryl methyl sites for hydroxylation is 1. The van der Waals surface area contributed by atoms with Gasteiger partial charge in [0.2, 0.25) is 0 Å². The predicted octanol–water partition coefficient (Wildman–Crippen LogP) is 3.49. The molecule has 0 aliphatic heterocycles. The fraction of sp³-hybridized carbons (Fsp3) is 0.118. The Morgan fingerprint density at radius 2 is 1.67 bits per heavy atom. The van der Waals surface area contributed by atoms with Gasteiger partial charge in [-0.05, 0) is 55.3 Å². The van der Waals surface area contributed by atoms with E-state index in [2.05, 4.69) is 0 Å². The number of hydrogen-bond donors (Lipinski definition) is 2. The second-order valence-electron chi connectivity index (χ2n) is 5.06. The van der Waals surface area contributed by atoms with Crippen molar-refractivity contribution in [2.45, 2.75) is 13.8 Å². The highest BCUT2D eigenvalue weighted by Gasteiger charge is 2.14. The van der Waals surface area contributed by atoms with Crippen LogP contribution in [0.3, 0.4) is 0 Å². The Morgan fingerprint density at radius 1 is 1.00 bits per heavy atom. The van der Waals surface area contributed by atoms with Crippen LogP contribution in [-0.2, 0) is 0 Å². The quantitative estimate of drug-likeness (QED) is 0.716. The summed E-state index contributed by atoms with van der Waals surface area (Å²) in [7, 11) is 0. The summed E-state index contributed by atoms with van der Waals surface area (Å²) in [6.45, 7) is 3.61. The van der Waals surface area contributed by atoms with Crippen molar-refractivity contribution in [2.24, 2.45) is 0 Å². The molecule has 1 heterocycles. The summed E-state index contributed by atoms with van der Waals surface area (Å²) < 4.78 is 5.74. The lowest BCUT2D eigenvalue weighted by atomic mass is 10.0. The fourth-order valence-corrected chi connectivity index (χ4v) is 2.29. The zero-order chi connectivity index (χ0) is 15.1. The van der Waals surface area contributed by atoms with Gasteiger partial charge in [-0.1, -0.05) is 0 Å². The van der Waals surface area contributed by atoms with Crippen molar-refractivity contribution in [1.82, 2.24) is 0 Å². The zero-order valence-electron chi connectivity index (χ0n) is 11.7. The topological polar surface area (TPSA) is 70.7 Å². The van der Waals surface area contributed by atoms with Crippen LogP contribution in [0.1, 0.15) is 11.1 Å². The van der Waals surface area contributed by atoms with E-state index < -0.39 is 0 Å². The van der Waals surface area contributed by atoms with E-state index in [1.165, 1.54) is 18.2 Å². The van der Waals surface area contributed by atoms with E-state index in [0.717, 1.165) is 5.56 Å². The van der Waals surface area contributed by atoms with Gasteiger partial charge >= 0.3 is 0 Å². The van der Waals surface area contributed by atoms with Crippen LogP contribution in [0, 0.1) is 13.8 Å². The third kappa shape index (κ3) is 2.14. The van der Waals surface area contributed by atoms with E-state index >= 15 is 0 Å². The molecule has 0 aliphatic rings. The second kappa shape index (κ2) is 4.66. The molecule has 0 saturated heterocycles. The summed E-state index contributed by atoms with van der Waals surface area (Å²) in [6.07, 6.45) is 0. The third-order valence-electron chi connectivity index (χ3n) is 3.66. The largest absolute Gasteiger partial charge is 0.508 e. The van der Waals surface area contributed by atoms with Crippen molar-refractivity contribution >= 4 is 11.0 Å². The van der Waals surface area contributed by atoms with Gasteiger partial charge in [-0.15, -0.1) is 0 Å². The SMILES string of the molecule is Cc1cc2oc(-c3ccc(O)cc3)cc(=O)c2c(O)c1C. The molecule has 0 unspecified atom stereocenters. The highest BCUT2D eigenvalue weighted by atomic mass is 16.3. The van der Waals surface area contributed by atoms with E-state index in [-0.39, 0.29) is 22.3 Å². The van der Waals surface area contributed by atoms with Gasteiger partial charge in [-0.3, -0.25) is 4.79 Å². The van der Waals surface area contributed by atoms with Gasteiger partial charge in [-0.25, -0.2) is 0 Å². The maximum absolute atomic E-state index is 12.3. The lowest BCUT2D eigenvalue weighted by Crippen LogP contribution is -2.02.